The maximum absolute atomic E-state index is 13.1. The number of likely N-dealkylation sites (N-methyl/N-ethyl adjacent to an activating group) is 1. The van der Waals surface area contributed by atoms with Crippen molar-refractivity contribution in [3.63, 3.8) is 0 Å². The number of amides is 3. The first kappa shape index (κ1) is 23.4. The zero-order valence-corrected chi connectivity index (χ0v) is 19.2. The summed E-state index contributed by atoms with van der Waals surface area (Å²) in [5.74, 6) is -0.753. The number of hydrogen-bond acceptors (Lipinski definition) is 5. The van der Waals surface area contributed by atoms with Crippen LogP contribution >= 0.6 is 0 Å². The van der Waals surface area contributed by atoms with Crippen LogP contribution in [0, 0.1) is 12.8 Å². The van der Waals surface area contributed by atoms with Gasteiger partial charge in [0.2, 0.25) is 11.8 Å². The van der Waals surface area contributed by atoms with E-state index in [0.29, 0.717) is 31.6 Å². The maximum Gasteiger partial charge on any atom is 0.272 e. The molecular weight excluding hydrogens is 408 g/mol. The van der Waals surface area contributed by atoms with Crippen molar-refractivity contribution in [3.05, 3.63) is 47.5 Å². The third kappa shape index (κ3) is 5.93. The highest BCUT2D eigenvalue weighted by molar-refractivity contribution is 5.92. The summed E-state index contributed by atoms with van der Waals surface area (Å²) < 4.78 is 1.66. The van der Waals surface area contributed by atoms with Crippen LogP contribution in [0.5, 0.6) is 0 Å². The Balaban J connectivity index is 1.63. The molecule has 0 saturated carbocycles. The van der Waals surface area contributed by atoms with E-state index in [9.17, 15) is 14.4 Å². The molecule has 0 unspecified atom stereocenters. The van der Waals surface area contributed by atoms with E-state index in [1.807, 2.05) is 19.1 Å². The lowest BCUT2D eigenvalue weighted by Gasteiger charge is -2.25. The quantitative estimate of drug-likeness (QED) is 0.760. The molecule has 1 fully saturated rings. The predicted octanol–water partition coefficient (Wildman–Crippen LogP) is 1.53. The second-order valence-corrected chi connectivity index (χ2v) is 8.63. The van der Waals surface area contributed by atoms with Gasteiger partial charge in [-0.1, -0.05) is 12.5 Å². The Kier molecular flexibility index (Phi) is 7.61. The number of hydrogen-bond donors (Lipinski definition) is 1. The van der Waals surface area contributed by atoms with E-state index in [0.717, 1.165) is 17.7 Å². The molecule has 3 amide bonds. The van der Waals surface area contributed by atoms with Crippen molar-refractivity contribution in [2.45, 2.75) is 45.2 Å². The monoisotopic (exact) mass is 440 g/mol. The zero-order valence-electron chi connectivity index (χ0n) is 19.2. The van der Waals surface area contributed by atoms with Crippen LogP contribution < -0.4 is 5.32 Å². The van der Waals surface area contributed by atoms with E-state index in [1.165, 1.54) is 0 Å². The van der Waals surface area contributed by atoms with Gasteiger partial charge in [-0.25, -0.2) is 0 Å². The smallest absolute Gasteiger partial charge is 0.272 e. The third-order valence-electron chi connectivity index (χ3n) is 6.00. The van der Waals surface area contributed by atoms with Crippen LogP contribution in [0.3, 0.4) is 0 Å². The molecule has 3 heterocycles. The molecule has 0 spiro atoms. The van der Waals surface area contributed by atoms with Gasteiger partial charge in [0.15, 0.2) is 0 Å². The SMILES string of the molecule is Cc1cc(C(=O)N[C@@H]2CCC[C@@H](C(=O)N(C)Cc3cccnc3)CC(=O)N(C)C2)nn1C. The van der Waals surface area contributed by atoms with Gasteiger partial charge in [-0.2, -0.15) is 5.10 Å². The first-order chi connectivity index (χ1) is 15.2. The first-order valence-electron chi connectivity index (χ1n) is 10.9. The van der Waals surface area contributed by atoms with Crippen molar-refractivity contribution in [2.24, 2.45) is 13.0 Å². The summed E-state index contributed by atoms with van der Waals surface area (Å²) in [6.45, 7) is 2.75. The molecule has 1 aliphatic heterocycles. The Morgan fingerprint density at radius 1 is 1.28 bits per heavy atom. The highest BCUT2D eigenvalue weighted by Crippen LogP contribution is 2.21. The molecular formula is C23H32N6O3. The standard InChI is InChI=1S/C23H32N6O3/c1-16-11-20(26-29(16)4)22(31)25-19-9-5-8-18(12-21(30)27(2)15-19)23(32)28(3)14-17-7-6-10-24-13-17/h6-7,10-11,13,18-19H,5,8-9,12,14-15H2,1-4H3,(H,25,31)/t18-,19-/m1/s1. The topological polar surface area (TPSA) is 100 Å². The van der Waals surface area contributed by atoms with E-state index in [2.05, 4.69) is 15.4 Å². The molecule has 1 N–H and O–H groups in total. The molecule has 2 aromatic heterocycles. The van der Waals surface area contributed by atoms with Crippen LogP contribution in [0.15, 0.2) is 30.6 Å². The van der Waals surface area contributed by atoms with Crippen LogP contribution in [0.4, 0.5) is 0 Å². The second-order valence-electron chi connectivity index (χ2n) is 8.63. The van der Waals surface area contributed by atoms with Gasteiger partial charge in [-0.3, -0.25) is 24.0 Å². The summed E-state index contributed by atoms with van der Waals surface area (Å²) >= 11 is 0. The molecule has 2 atom stereocenters. The van der Waals surface area contributed by atoms with Gasteiger partial charge in [0.25, 0.3) is 5.91 Å². The lowest BCUT2D eigenvalue weighted by Crippen LogP contribution is -2.44. The molecule has 3 rings (SSSR count). The largest absolute Gasteiger partial charge is 0.346 e. The number of carbonyl (C=O) groups is 3. The summed E-state index contributed by atoms with van der Waals surface area (Å²) in [7, 11) is 5.27. The molecule has 2 aromatic rings. The highest BCUT2D eigenvalue weighted by atomic mass is 16.2. The van der Waals surface area contributed by atoms with E-state index in [1.54, 1.807) is 54.1 Å². The molecule has 9 nitrogen and oxygen atoms in total. The minimum absolute atomic E-state index is 0.0398. The normalized spacial score (nSPS) is 19.6. The molecule has 0 aliphatic carbocycles. The molecule has 0 bridgehead atoms. The number of pyridine rings is 1. The van der Waals surface area contributed by atoms with Crippen LogP contribution in [0.1, 0.15) is 47.4 Å². The van der Waals surface area contributed by atoms with Crippen LogP contribution in [0.25, 0.3) is 0 Å². The minimum Gasteiger partial charge on any atom is -0.346 e. The van der Waals surface area contributed by atoms with Gasteiger partial charge >= 0.3 is 0 Å². The molecule has 0 radical (unpaired) electrons. The molecule has 1 saturated heterocycles. The van der Waals surface area contributed by atoms with E-state index in [4.69, 9.17) is 0 Å². The Bertz CT molecular complexity index is 938. The van der Waals surface area contributed by atoms with Crippen molar-refractivity contribution >= 4 is 17.7 Å². The summed E-state index contributed by atoms with van der Waals surface area (Å²) in [4.78, 5) is 45.8. The Hall–Kier alpha value is -3.23. The Labute approximate surface area is 188 Å². The fourth-order valence-electron chi connectivity index (χ4n) is 4.02. The van der Waals surface area contributed by atoms with Crippen LogP contribution in [-0.2, 0) is 23.2 Å². The molecule has 32 heavy (non-hydrogen) atoms. The molecule has 172 valence electrons. The number of carbonyl (C=O) groups excluding carboxylic acids is 3. The fourth-order valence-corrected chi connectivity index (χ4v) is 4.02. The van der Waals surface area contributed by atoms with Crippen molar-refractivity contribution in [1.82, 2.24) is 29.9 Å². The van der Waals surface area contributed by atoms with Gasteiger partial charge in [0, 0.05) is 70.7 Å². The van der Waals surface area contributed by atoms with Gasteiger partial charge in [-0.15, -0.1) is 0 Å². The summed E-state index contributed by atoms with van der Waals surface area (Å²) in [6.07, 6.45) is 5.64. The molecule has 0 aromatic carbocycles. The second kappa shape index (κ2) is 10.4. The molecule has 9 heteroatoms. The average molecular weight is 441 g/mol. The van der Waals surface area contributed by atoms with Crippen LogP contribution in [0.2, 0.25) is 0 Å². The average Bonchev–Trinajstić information content (AvgIpc) is 3.13. The number of rotatable bonds is 5. The summed E-state index contributed by atoms with van der Waals surface area (Å²) in [5, 5.41) is 7.24. The van der Waals surface area contributed by atoms with E-state index < -0.39 is 0 Å². The summed E-state index contributed by atoms with van der Waals surface area (Å²) in [6, 6.07) is 5.31. The van der Waals surface area contributed by atoms with Gasteiger partial charge in [-0.05, 0) is 37.5 Å². The molecule has 1 aliphatic rings. The van der Waals surface area contributed by atoms with Gasteiger partial charge < -0.3 is 15.1 Å². The van der Waals surface area contributed by atoms with Gasteiger partial charge in [0.1, 0.15) is 5.69 Å². The Morgan fingerprint density at radius 3 is 2.72 bits per heavy atom. The Morgan fingerprint density at radius 2 is 2.06 bits per heavy atom. The highest BCUT2D eigenvalue weighted by Gasteiger charge is 2.29. The summed E-state index contributed by atoms with van der Waals surface area (Å²) in [5.41, 5.74) is 2.21. The minimum atomic E-state index is -0.375. The number of aromatic nitrogens is 3. The van der Waals surface area contributed by atoms with Crippen LogP contribution in [-0.4, -0.2) is 69.0 Å². The van der Waals surface area contributed by atoms with Gasteiger partial charge in [0.05, 0.1) is 0 Å². The maximum atomic E-state index is 13.1. The number of nitrogens with zero attached hydrogens (tertiary/aromatic N) is 5. The predicted molar refractivity (Wildman–Crippen MR) is 120 cm³/mol. The number of aryl methyl sites for hydroxylation is 2. The van der Waals surface area contributed by atoms with E-state index in [-0.39, 0.29) is 36.1 Å². The van der Waals surface area contributed by atoms with Crippen molar-refractivity contribution in [1.29, 1.82) is 0 Å². The lowest BCUT2D eigenvalue weighted by molar-refractivity contribution is -0.140. The van der Waals surface area contributed by atoms with E-state index >= 15 is 0 Å². The van der Waals surface area contributed by atoms with Crippen molar-refractivity contribution in [3.8, 4) is 0 Å². The lowest BCUT2D eigenvalue weighted by atomic mass is 9.95. The number of nitrogens with one attached hydrogen (secondary N) is 1. The first-order valence-corrected chi connectivity index (χ1v) is 10.9. The van der Waals surface area contributed by atoms with Crippen molar-refractivity contribution < 1.29 is 14.4 Å². The van der Waals surface area contributed by atoms with Crippen molar-refractivity contribution in [2.75, 3.05) is 20.6 Å². The fraction of sp³-hybridized carbons (Fsp3) is 0.522. The zero-order chi connectivity index (χ0) is 23.3. The third-order valence-corrected chi connectivity index (χ3v) is 6.00.